The average Bonchev–Trinajstić information content (AvgIpc) is 0.769. The lowest BCUT2D eigenvalue weighted by atomic mass is 10.1. The Labute approximate surface area is 757 Å². The second-order valence-corrected chi connectivity index (χ2v) is 31.3. The van der Waals surface area contributed by atoms with Crippen molar-refractivity contribution in [2.45, 2.75) is 105 Å². The summed E-state index contributed by atoms with van der Waals surface area (Å²) >= 11 is 0. The molecule has 0 bridgehead atoms. The summed E-state index contributed by atoms with van der Waals surface area (Å²) in [5.74, 6) is 3.76. The molecule has 0 unspecified atom stereocenters. The molecule has 656 valence electrons. The van der Waals surface area contributed by atoms with Crippen LogP contribution in [0.15, 0.2) is 461 Å². The van der Waals surface area contributed by atoms with Crippen LogP contribution in [0.2, 0.25) is 0 Å². The van der Waals surface area contributed by atoms with Gasteiger partial charge in [0.15, 0.2) is 0 Å². The maximum Gasteiger partial charge on any atom is 0.143 e. The molecule has 0 fully saturated rings. The van der Waals surface area contributed by atoms with E-state index in [-0.39, 0.29) is 18.8 Å². The number of benzene rings is 16. The summed E-state index contributed by atoms with van der Waals surface area (Å²) < 4.78 is 26.0. The number of hydrogen-bond donors (Lipinski definition) is 0. The molecule has 0 aliphatic carbocycles. The molecule has 0 heterocycles. The van der Waals surface area contributed by atoms with E-state index in [4.69, 9.17) is 18.9 Å². The Kier molecular flexibility index (Phi) is 39.6. The molecule has 16 aromatic rings. The van der Waals surface area contributed by atoms with Crippen LogP contribution in [0.5, 0.6) is 23.0 Å². The highest BCUT2D eigenvalue weighted by atomic mass is 19.0. The van der Waals surface area contributed by atoms with Gasteiger partial charge < -0.3 is 37.8 Å². The lowest BCUT2D eigenvalue weighted by Crippen LogP contribution is -3.00. The van der Waals surface area contributed by atoms with Crippen molar-refractivity contribution in [2.75, 3.05) is 26.4 Å². The third kappa shape index (κ3) is 25.3. The number of halogens is 4. The highest BCUT2D eigenvalue weighted by molar-refractivity contribution is 5.75. The minimum absolute atomic E-state index is 0. The van der Waals surface area contributed by atoms with Crippen LogP contribution in [0.25, 0.3) is 0 Å². The summed E-state index contributed by atoms with van der Waals surface area (Å²) in [4.78, 5) is 0. The standard InChI is InChI=1S/4C29H30NO.4FH/c4*1-2-3-23-31-29-21-19-25(20-22-29)24-30(26-13-7-4-8-14-26,27-15-9-5-10-16-27)28-17-11-6-12-18-28;;;;/h4*4-22H,2-3,23-24H2,1H3;4*1H/q4*+1;;;;/p-4. The molecule has 0 aliphatic rings. The van der Waals surface area contributed by atoms with Gasteiger partial charge in [0, 0.05) is 22.3 Å². The molecule has 16 aromatic carbocycles. The van der Waals surface area contributed by atoms with Gasteiger partial charge in [-0.1, -0.05) is 272 Å². The fourth-order valence-corrected chi connectivity index (χ4v) is 16.3. The van der Waals surface area contributed by atoms with E-state index in [1.165, 1.54) is 90.5 Å². The Bertz CT molecular complexity index is 4530. The van der Waals surface area contributed by atoms with Crippen molar-refractivity contribution in [3.8, 4) is 23.0 Å². The summed E-state index contributed by atoms with van der Waals surface area (Å²) in [5, 5.41) is 0. The fourth-order valence-electron chi connectivity index (χ4n) is 16.3. The summed E-state index contributed by atoms with van der Waals surface area (Å²) in [6.45, 7) is 15.1. The first-order chi connectivity index (χ1) is 61.3. The third-order valence-corrected chi connectivity index (χ3v) is 22.8. The largest absolute Gasteiger partial charge is 1.00 e. The molecule has 0 saturated carbocycles. The van der Waals surface area contributed by atoms with E-state index in [1.54, 1.807) is 0 Å². The SMILES string of the molecule is CCCCOc1ccc(C[N+](c2ccccc2)(c2ccccc2)c2ccccc2)cc1.CCCCOc1ccc(C[N+](c2ccccc2)(c2ccccc2)c2ccccc2)cc1.CCCCOc1ccc(C[N+](c2ccccc2)(c2ccccc2)c2ccccc2)cc1.CCCCOc1ccc(C[N+](c2ccccc2)(c2ccccc2)c2ccccc2)cc1.[F-].[F-].[F-].[F-]. The zero-order chi connectivity index (χ0) is 85.4. The Morgan fingerprint density at radius 3 is 0.359 bits per heavy atom. The molecule has 0 aliphatic heterocycles. The topological polar surface area (TPSA) is 36.9 Å². The summed E-state index contributed by atoms with van der Waals surface area (Å²) in [5.41, 5.74) is 19.9. The van der Waals surface area contributed by atoms with Crippen molar-refractivity contribution >= 4 is 68.2 Å². The van der Waals surface area contributed by atoms with Crippen molar-refractivity contribution in [3.05, 3.63) is 483 Å². The second kappa shape index (κ2) is 51.7. The predicted octanol–water partition coefficient (Wildman–Crippen LogP) is 20.2. The van der Waals surface area contributed by atoms with Crippen LogP contribution in [0.1, 0.15) is 101 Å². The smallest absolute Gasteiger partial charge is 0.143 e. The van der Waals surface area contributed by atoms with E-state index in [0.717, 1.165) is 127 Å². The molecule has 8 nitrogen and oxygen atoms in total. The van der Waals surface area contributed by atoms with Crippen molar-refractivity contribution < 1.29 is 37.8 Å². The molecule has 128 heavy (non-hydrogen) atoms. The highest BCUT2D eigenvalue weighted by Gasteiger charge is 2.41. The van der Waals surface area contributed by atoms with Gasteiger partial charge in [-0.05, 0) is 268 Å². The van der Waals surface area contributed by atoms with Crippen LogP contribution < -0.4 is 55.7 Å². The molecule has 12 heteroatoms. The number of ether oxygens (including phenoxy) is 4. The predicted molar refractivity (Wildman–Crippen MR) is 524 cm³/mol. The molecule has 0 radical (unpaired) electrons. The average molecular weight is 1710 g/mol. The number of quaternary nitrogens is 4. The molecule has 0 amide bonds. The molecule has 0 spiro atoms. The zero-order valence-electron chi connectivity index (χ0n) is 74.1. The van der Waals surface area contributed by atoms with Crippen molar-refractivity contribution in [2.24, 2.45) is 0 Å². The van der Waals surface area contributed by atoms with Gasteiger partial charge in [0.05, 0.1) is 26.4 Å². The third-order valence-electron chi connectivity index (χ3n) is 22.8. The lowest BCUT2D eigenvalue weighted by molar-refractivity contribution is -0.00100. The lowest BCUT2D eigenvalue weighted by Gasteiger charge is -2.37. The van der Waals surface area contributed by atoms with Crippen LogP contribution >= 0.6 is 0 Å². The monoisotopic (exact) mass is 1710 g/mol. The van der Waals surface area contributed by atoms with Crippen LogP contribution in [0.4, 0.5) is 68.2 Å². The number of hydrogen-bond acceptors (Lipinski definition) is 4. The van der Waals surface area contributed by atoms with Crippen molar-refractivity contribution in [1.82, 2.24) is 17.9 Å². The van der Waals surface area contributed by atoms with Gasteiger partial charge >= 0.3 is 0 Å². The molecular weight excluding hydrogens is 1590 g/mol. The Balaban J connectivity index is 0.000000191. The Morgan fingerprint density at radius 1 is 0.148 bits per heavy atom. The number of para-hydroxylation sites is 12. The van der Waals surface area contributed by atoms with Crippen molar-refractivity contribution in [3.63, 3.8) is 0 Å². The minimum atomic E-state index is 0. The van der Waals surface area contributed by atoms with Crippen LogP contribution in [0, 0.1) is 0 Å². The van der Waals surface area contributed by atoms with E-state index in [1.807, 2.05) is 0 Å². The van der Waals surface area contributed by atoms with Crippen LogP contribution in [0.3, 0.4) is 0 Å². The number of nitrogens with zero attached hydrogens (tertiary/aromatic N) is 4. The van der Waals surface area contributed by atoms with E-state index in [2.05, 4.69) is 489 Å². The maximum absolute atomic E-state index is 5.88. The zero-order valence-corrected chi connectivity index (χ0v) is 74.1. The Morgan fingerprint density at radius 2 is 0.258 bits per heavy atom. The van der Waals surface area contributed by atoms with Gasteiger partial charge in [-0.15, -0.1) is 0 Å². The maximum atomic E-state index is 5.88. The van der Waals surface area contributed by atoms with Crippen LogP contribution in [-0.2, 0) is 26.2 Å². The van der Waals surface area contributed by atoms with Gasteiger partial charge in [-0.3, -0.25) is 0 Å². The first-order valence-corrected chi connectivity index (χ1v) is 44.4. The summed E-state index contributed by atoms with van der Waals surface area (Å²) in [6, 6.07) is 164. The van der Waals surface area contributed by atoms with Crippen LogP contribution in [-0.4, -0.2) is 26.4 Å². The van der Waals surface area contributed by atoms with E-state index in [0.29, 0.717) is 17.9 Å². The van der Waals surface area contributed by atoms with E-state index in [9.17, 15) is 0 Å². The quantitative estimate of drug-likeness (QED) is 0.0223. The molecule has 0 aromatic heterocycles. The molecule has 0 saturated heterocycles. The van der Waals surface area contributed by atoms with E-state index < -0.39 is 0 Å². The van der Waals surface area contributed by atoms with Gasteiger partial charge in [0.2, 0.25) is 0 Å². The Hall–Kier alpha value is -13.7. The molecule has 0 N–H and O–H groups in total. The minimum Gasteiger partial charge on any atom is -1.00 e. The normalized spacial score (nSPS) is 10.9. The highest BCUT2D eigenvalue weighted by Crippen LogP contribution is 2.50. The fraction of sp³-hybridized carbons (Fsp3) is 0.172. The van der Waals surface area contributed by atoms with E-state index >= 15 is 0 Å². The number of rotatable bonds is 36. The second-order valence-electron chi connectivity index (χ2n) is 31.3. The van der Waals surface area contributed by atoms with Gasteiger partial charge in [-0.2, -0.15) is 0 Å². The van der Waals surface area contributed by atoms with Gasteiger partial charge in [0.25, 0.3) is 0 Å². The molecular formula is C116H120F4N4O4. The first kappa shape index (κ1) is 98.1. The van der Waals surface area contributed by atoms with Crippen molar-refractivity contribution in [1.29, 1.82) is 0 Å². The number of unbranched alkanes of at least 4 members (excludes halogenated alkanes) is 4. The molecule has 0 atom stereocenters. The first-order valence-electron chi connectivity index (χ1n) is 44.4. The summed E-state index contributed by atoms with van der Waals surface area (Å²) in [6.07, 6.45) is 8.89. The van der Waals surface area contributed by atoms with Gasteiger partial charge in [-0.25, -0.2) is 17.9 Å². The van der Waals surface area contributed by atoms with Gasteiger partial charge in [0.1, 0.15) is 117 Å². The molecule has 16 rings (SSSR count). The summed E-state index contributed by atoms with van der Waals surface area (Å²) in [7, 11) is 0.